The molecule has 6 nitrogen and oxygen atoms in total. The van der Waals surface area contributed by atoms with Gasteiger partial charge in [-0.15, -0.1) is 11.3 Å². The molecule has 11 heteroatoms. The molecular weight excluding hydrogens is 425 g/mol. The molecule has 0 spiro atoms. The molecule has 0 fully saturated rings. The summed E-state index contributed by atoms with van der Waals surface area (Å²) >= 11 is 1.24. The van der Waals surface area contributed by atoms with Crippen molar-refractivity contribution in [3.8, 4) is 10.4 Å². The molecule has 1 N–H and O–H groups in total. The molecule has 154 valence electrons. The fraction of sp³-hybridized carbons (Fsp3) is 0.278. The molecule has 0 aliphatic heterocycles. The number of halogens is 3. The fourth-order valence-corrected chi connectivity index (χ4v) is 4.16. The molecule has 1 aromatic carbocycles. The Morgan fingerprint density at radius 2 is 1.83 bits per heavy atom. The minimum Gasteiger partial charge on any atom is -0.324 e. The van der Waals surface area contributed by atoms with Gasteiger partial charge in [-0.25, -0.2) is 23.4 Å². The zero-order valence-corrected chi connectivity index (χ0v) is 17.3. The number of benzene rings is 1. The number of nitrogens with one attached hydrogen (secondary N) is 1. The van der Waals surface area contributed by atoms with Gasteiger partial charge in [-0.3, -0.25) is 0 Å². The van der Waals surface area contributed by atoms with Crippen molar-refractivity contribution in [3.05, 3.63) is 53.4 Å². The second kappa shape index (κ2) is 7.38. The van der Waals surface area contributed by atoms with E-state index >= 15 is 0 Å². The summed E-state index contributed by atoms with van der Waals surface area (Å²) in [5, 5.41) is 3.21. The molecule has 3 rings (SSSR count). The van der Waals surface area contributed by atoms with Crippen molar-refractivity contribution in [1.29, 1.82) is 0 Å². The van der Waals surface area contributed by atoms with E-state index in [1.807, 2.05) is 0 Å². The molecule has 29 heavy (non-hydrogen) atoms. The first kappa shape index (κ1) is 21.2. The first-order chi connectivity index (χ1) is 13.4. The highest BCUT2D eigenvalue weighted by Gasteiger charge is 2.35. The lowest BCUT2D eigenvalue weighted by atomic mass is 10.2. The smallest absolute Gasteiger partial charge is 0.324 e. The van der Waals surface area contributed by atoms with Gasteiger partial charge >= 0.3 is 6.18 Å². The van der Waals surface area contributed by atoms with Crippen molar-refractivity contribution in [2.45, 2.75) is 24.8 Å². The number of sulfone groups is 1. The number of alkyl halides is 3. The molecule has 3 aromatic rings. The van der Waals surface area contributed by atoms with Crippen molar-refractivity contribution in [3.63, 3.8) is 0 Å². The molecule has 0 saturated heterocycles. The maximum atomic E-state index is 12.8. The van der Waals surface area contributed by atoms with E-state index in [4.69, 9.17) is 0 Å². The van der Waals surface area contributed by atoms with E-state index in [1.165, 1.54) is 11.3 Å². The van der Waals surface area contributed by atoms with Crippen LogP contribution in [0.4, 0.5) is 24.8 Å². The number of nitrogens with zero attached hydrogens (tertiary/aromatic N) is 3. The van der Waals surface area contributed by atoms with E-state index < -0.39 is 26.5 Å². The summed E-state index contributed by atoms with van der Waals surface area (Å²) in [5.41, 5.74) is 0.176. The predicted octanol–water partition coefficient (Wildman–Crippen LogP) is 4.64. The first-order valence-electron chi connectivity index (χ1n) is 8.31. The van der Waals surface area contributed by atoms with Crippen molar-refractivity contribution in [2.75, 3.05) is 11.6 Å². The van der Waals surface area contributed by atoms with E-state index in [2.05, 4.69) is 20.3 Å². The number of aromatic nitrogens is 3. The maximum absolute atomic E-state index is 12.8. The largest absolute Gasteiger partial charge is 0.433 e. The van der Waals surface area contributed by atoms with E-state index in [9.17, 15) is 21.6 Å². The normalized spacial score (nSPS) is 12.8. The third kappa shape index (κ3) is 4.56. The summed E-state index contributed by atoms with van der Waals surface area (Å²) in [4.78, 5) is 12.3. The van der Waals surface area contributed by atoms with Gasteiger partial charge in [-0.1, -0.05) is 12.1 Å². The summed E-state index contributed by atoms with van der Waals surface area (Å²) in [5.74, 6) is -0.180. The summed E-state index contributed by atoms with van der Waals surface area (Å²) in [6, 6.07) is 7.67. The number of rotatable bonds is 5. The number of hydrogen-bond acceptors (Lipinski definition) is 7. The standard InChI is InChI=1S/C18H17F3N4O2S2/c1-17(2,29(3,26)27)15-23-10-13(28-15)11-5-4-6-12(9-11)24-16-22-8-7-14(25-16)18(19,20)21/h4-10H,1-3H3,(H,22,24,25). The Bertz CT molecular complexity index is 1140. The average molecular weight is 442 g/mol. The highest BCUT2D eigenvalue weighted by Crippen LogP contribution is 2.36. The van der Waals surface area contributed by atoms with Crippen molar-refractivity contribution < 1.29 is 21.6 Å². The average Bonchev–Trinajstić information content (AvgIpc) is 3.11. The van der Waals surface area contributed by atoms with Crippen LogP contribution in [0.1, 0.15) is 24.5 Å². The van der Waals surface area contributed by atoms with Gasteiger partial charge in [0.05, 0.1) is 4.88 Å². The zero-order chi connectivity index (χ0) is 21.4. The molecule has 0 radical (unpaired) electrons. The third-order valence-electron chi connectivity index (χ3n) is 4.30. The molecule has 0 saturated carbocycles. The van der Waals surface area contributed by atoms with Gasteiger partial charge in [0.15, 0.2) is 9.84 Å². The highest BCUT2D eigenvalue weighted by atomic mass is 32.2. The van der Waals surface area contributed by atoms with Crippen molar-refractivity contribution >= 4 is 32.8 Å². The maximum Gasteiger partial charge on any atom is 0.433 e. The van der Waals surface area contributed by atoms with Gasteiger partial charge < -0.3 is 5.32 Å². The van der Waals surface area contributed by atoms with Crippen LogP contribution in [0.3, 0.4) is 0 Å². The Hall–Kier alpha value is -2.53. The topological polar surface area (TPSA) is 84.8 Å². The zero-order valence-electron chi connectivity index (χ0n) is 15.6. The van der Waals surface area contributed by atoms with Crippen LogP contribution in [-0.2, 0) is 20.8 Å². The van der Waals surface area contributed by atoms with E-state index in [0.29, 0.717) is 10.7 Å². The fourth-order valence-electron chi connectivity index (χ4n) is 2.30. The summed E-state index contributed by atoms with van der Waals surface area (Å²) in [6.07, 6.45) is -0.794. The van der Waals surface area contributed by atoms with Gasteiger partial charge in [0.1, 0.15) is 15.4 Å². The van der Waals surface area contributed by atoms with Crippen LogP contribution in [0, 0.1) is 0 Å². The van der Waals surface area contributed by atoms with Crippen molar-refractivity contribution in [1.82, 2.24) is 15.0 Å². The lowest BCUT2D eigenvalue weighted by molar-refractivity contribution is -0.141. The van der Waals surface area contributed by atoms with Gasteiger partial charge in [0.25, 0.3) is 0 Å². The summed E-state index contributed by atoms with van der Waals surface area (Å²) < 4.78 is 61.3. The lowest BCUT2D eigenvalue weighted by Crippen LogP contribution is -2.27. The second-order valence-corrected chi connectivity index (χ2v) is 10.4. The van der Waals surface area contributed by atoms with E-state index in [1.54, 1.807) is 44.3 Å². The van der Waals surface area contributed by atoms with Crippen LogP contribution >= 0.6 is 11.3 Å². The monoisotopic (exact) mass is 442 g/mol. The number of hydrogen-bond donors (Lipinski definition) is 1. The Labute approximate surface area is 169 Å². The quantitative estimate of drug-likeness (QED) is 0.620. The molecule has 0 aliphatic rings. The molecule has 0 aliphatic carbocycles. The van der Waals surface area contributed by atoms with Crippen LogP contribution in [-0.4, -0.2) is 29.6 Å². The van der Waals surface area contributed by atoms with Crippen LogP contribution in [0.25, 0.3) is 10.4 Å². The SMILES string of the molecule is CC(C)(c1ncc(-c2cccc(Nc3nccc(C(F)(F)F)n3)c2)s1)S(C)(=O)=O. The van der Waals surface area contributed by atoms with Gasteiger partial charge in [0.2, 0.25) is 5.95 Å². The minimum atomic E-state index is -4.56. The predicted molar refractivity (Wildman–Crippen MR) is 106 cm³/mol. The molecular formula is C18H17F3N4O2S2. The Morgan fingerprint density at radius 3 is 2.48 bits per heavy atom. The van der Waals surface area contributed by atoms with Crippen LogP contribution < -0.4 is 5.32 Å². The van der Waals surface area contributed by atoms with Crippen LogP contribution in [0.2, 0.25) is 0 Å². The van der Waals surface area contributed by atoms with Crippen molar-refractivity contribution in [2.24, 2.45) is 0 Å². The Kier molecular flexibility index (Phi) is 5.39. The minimum absolute atomic E-state index is 0.180. The molecule has 2 aromatic heterocycles. The van der Waals surface area contributed by atoms with E-state index in [-0.39, 0.29) is 5.95 Å². The first-order valence-corrected chi connectivity index (χ1v) is 11.0. The summed E-state index contributed by atoms with van der Waals surface area (Å²) in [6.45, 7) is 3.18. The molecule has 0 amide bonds. The molecule has 2 heterocycles. The summed E-state index contributed by atoms with van der Waals surface area (Å²) in [7, 11) is -3.36. The van der Waals surface area contributed by atoms with Gasteiger partial charge in [0, 0.05) is 24.3 Å². The van der Waals surface area contributed by atoms with Crippen LogP contribution in [0.15, 0.2) is 42.7 Å². The lowest BCUT2D eigenvalue weighted by Gasteiger charge is -2.19. The molecule has 0 atom stereocenters. The number of anilines is 2. The van der Waals surface area contributed by atoms with Gasteiger partial charge in [-0.05, 0) is 37.6 Å². The third-order valence-corrected chi connectivity index (χ3v) is 7.84. The van der Waals surface area contributed by atoms with Gasteiger partial charge in [-0.2, -0.15) is 13.2 Å². The molecule has 0 bridgehead atoms. The number of thiazole rings is 1. The second-order valence-electron chi connectivity index (χ2n) is 6.78. The highest BCUT2D eigenvalue weighted by molar-refractivity contribution is 7.91. The Balaban J connectivity index is 1.88. The Morgan fingerprint density at radius 1 is 1.10 bits per heavy atom. The molecule has 0 unspecified atom stereocenters. The van der Waals surface area contributed by atoms with Crippen LogP contribution in [0.5, 0.6) is 0 Å². The van der Waals surface area contributed by atoms with E-state index in [0.717, 1.165) is 29.0 Å².